The van der Waals surface area contributed by atoms with Crippen LogP contribution in [0, 0.1) is 5.92 Å². The first kappa shape index (κ1) is 9.79. The van der Waals surface area contributed by atoms with Gasteiger partial charge >= 0.3 is 0 Å². The Labute approximate surface area is 76.5 Å². The molecule has 0 N–H and O–H groups in total. The summed E-state index contributed by atoms with van der Waals surface area (Å²) in [7, 11) is 0. The van der Waals surface area contributed by atoms with E-state index in [-0.39, 0.29) is 0 Å². The maximum absolute atomic E-state index is 4.05. The highest BCUT2D eigenvalue weighted by Crippen LogP contribution is 2.22. The summed E-state index contributed by atoms with van der Waals surface area (Å²) >= 11 is 0. The summed E-state index contributed by atoms with van der Waals surface area (Å²) < 4.78 is 0. The first-order valence-corrected chi connectivity index (χ1v) is 5.11. The van der Waals surface area contributed by atoms with Gasteiger partial charge in [-0.15, -0.1) is 0 Å². The van der Waals surface area contributed by atoms with E-state index in [4.69, 9.17) is 0 Å². The van der Waals surface area contributed by atoms with E-state index < -0.39 is 0 Å². The van der Waals surface area contributed by atoms with Gasteiger partial charge in [0.1, 0.15) is 0 Å². The summed E-state index contributed by atoms with van der Waals surface area (Å²) in [5.74, 6) is 0.793. The van der Waals surface area contributed by atoms with Gasteiger partial charge < -0.3 is 4.90 Å². The first-order valence-electron chi connectivity index (χ1n) is 5.11. The van der Waals surface area contributed by atoms with Crippen molar-refractivity contribution in [2.75, 3.05) is 19.6 Å². The van der Waals surface area contributed by atoms with Crippen molar-refractivity contribution in [2.45, 2.75) is 33.1 Å². The number of likely N-dealkylation sites (tertiary alicyclic amines) is 1. The maximum atomic E-state index is 4.05. The molecular weight excluding hydrogens is 146 g/mol. The number of rotatable bonds is 2. The largest absolute Gasteiger partial charge is 0.304 e. The van der Waals surface area contributed by atoms with Crippen molar-refractivity contribution in [3.05, 3.63) is 12.2 Å². The number of nitrogens with zero attached hydrogens (tertiary/aromatic N) is 1. The fourth-order valence-electron chi connectivity index (χ4n) is 1.96. The summed E-state index contributed by atoms with van der Waals surface area (Å²) in [5, 5.41) is 0. The fourth-order valence-corrected chi connectivity index (χ4v) is 1.96. The van der Waals surface area contributed by atoms with E-state index in [0.717, 1.165) is 5.92 Å². The quantitative estimate of drug-likeness (QED) is 0.572. The molecular formula is C11H21N. The van der Waals surface area contributed by atoms with Crippen LogP contribution in [0.3, 0.4) is 0 Å². The van der Waals surface area contributed by atoms with Crippen molar-refractivity contribution >= 4 is 0 Å². The summed E-state index contributed by atoms with van der Waals surface area (Å²) in [6.07, 6.45) is 4.03. The Morgan fingerprint density at radius 3 is 2.75 bits per heavy atom. The molecule has 70 valence electrons. The molecule has 1 nitrogen and oxygen atoms in total. The van der Waals surface area contributed by atoms with Crippen molar-refractivity contribution in [3.63, 3.8) is 0 Å². The van der Waals surface area contributed by atoms with E-state index in [2.05, 4.69) is 25.3 Å². The Kier molecular flexibility index (Phi) is 3.80. The molecule has 1 aliphatic rings. The zero-order valence-corrected chi connectivity index (χ0v) is 8.47. The van der Waals surface area contributed by atoms with Crippen LogP contribution in [-0.4, -0.2) is 24.5 Å². The normalized spacial score (nSPS) is 26.7. The molecule has 1 rings (SSSR count). The van der Waals surface area contributed by atoms with Crippen LogP contribution in [0.25, 0.3) is 0 Å². The number of hydrogen-bond donors (Lipinski definition) is 0. The second-order valence-corrected chi connectivity index (χ2v) is 3.91. The number of allylic oxidation sites excluding steroid dienone is 1. The van der Waals surface area contributed by atoms with Gasteiger partial charge in [0.2, 0.25) is 0 Å². The maximum Gasteiger partial charge on any atom is -0.00131 e. The van der Waals surface area contributed by atoms with Crippen molar-refractivity contribution in [2.24, 2.45) is 5.92 Å². The van der Waals surface area contributed by atoms with Crippen LogP contribution in [0.15, 0.2) is 12.2 Å². The summed E-state index contributed by atoms with van der Waals surface area (Å²) in [5.41, 5.74) is 1.38. The predicted molar refractivity (Wildman–Crippen MR) is 54.3 cm³/mol. The van der Waals surface area contributed by atoms with Crippen LogP contribution >= 0.6 is 0 Å². The fraction of sp³-hybridized carbons (Fsp3) is 0.818. The minimum atomic E-state index is 0.793. The first-order chi connectivity index (χ1) is 5.74. The van der Waals surface area contributed by atoms with Crippen LogP contribution in [0.4, 0.5) is 0 Å². The highest BCUT2D eigenvalue weighted by atomic mass is 15.1. The summed E-state index contributed by atoms with van der Waals surface area (Å²) in [6.45, 7) is 12.3. The van der Waals surface area contributed by atoms with E-state index in [1.165, 1.54) is 44.5 Å². The van der Waals surface area contributed by atoms with E-state index in [1.54, 1.807) is 0 Å². The van der Waals surface area contributed by atoms with Crippen LogP contribution in [0.1, 0.15) is 33.1 Å². The molecule has 0 spiro atoms. The SMILES string of the molecule is C=C(C)C1CCCN(CC)CC1. The van der Waals surface area contributed by atoms with Crippen LogP contribution in [-0.2, 0) is 0 Å². The van der Waals surface area contributed by atoms with E-state index in [0.29, 0.717) is 0 Å². The molecule has 1 aliphatic heterocycles. The smallest absolute Gasteiger partial charge is 0.00131 e. The zero-order valence-electron chi connectivity index (χ0n) is 8.47. The molecule has 0 aromatic carbocycles. The average Bonchev–Trinajstić information content (AvgIpc) is 2.28. The van der Waals surface area contributed by atoms with Gasteiger partial charge in [0.25, 0.3) is 0 Å². The third-order valence-corrected chi connectivity index (χ3v) is 2.96. The van der Waals surface area contributed by atoms with Crippen molar-refractivity contribution < 1.29 is 0 Å². The lowest BCUT2D eigenvalue weighted by atomic mass is 9.94. The Balaban J connectivity index is 2.39. The summed E-state index contributed by atoms with van der Waals surface area (Å²) in [6, 6.07) is 0. The lowest BCUT2D eigenvalue weighted by Crippen LogP contribution is -2.24. The van der Waals surface area contributed by atoms with E-state index in [9.17, 15) is 0 Å². The van der Waals surface area contributed by atoms with E-state index in [1.807, 2.05) is 0 Å². The van der Waals surface area contributed by atoms with Gasteiger partial charge in [0.15, 0.2) is 0 Å². The predicted octanol–water partition coefficient (Wildman–Crippen LogP) is 2.68. The molecule has 12 heavy (non-hydrogen) atoms. The minimum absolute atomic E-state index is 0.793. The molecule has 0 saturated carbocycles. The second kappa shape index (κ2) is 4.66. The molecule has 1 atom stereocenters. The highest BCUT2D eigenvalue weighted by Gasteiger charge is 2.15. The van der Waals surface area contributed by atoms with Gasteiger partial charge in [-0.1, -0.05) is 19.1 Å². The Morgan fingerprint density at radius 2 is 2.17 bits per heavy atom. The average molecular weight is 167 g/mol. The molecule has 0 radical (unpaired) electrons. The van der Waals surface area contributed by atoms with Gasteiger partial charge in [0.05, 0.1) is 0 Å². The molecule has 1 unspecified atom stereocenters. The van der Waals surface area contributed by atoms with Gasteiger partial charge in [-0.05, 0) is 51.7 Å². The molecule has 1 heterocycles. The monoisotopic (exact) mass is 167 g/mol. The highest BCUT2D eigenvalue weighted by molar-refractivity contribution is 4.97. The molecule has 0 aromatic heterocycles. The van der Waals surface area contributed by atoms with Crippen LogP contribution < -0.4 is 0 Å². The lowest BCUT2D eigenvalue weighted by Gasteiger charge is -2.17. The van der Waals surface area contributed by atoms with Crippen molar-refractivity contribution in [1.29, 1.82) is 0 Å². The third kappa shape index (κ3) is 2.63. The molecule has 1 saturated heterocycles. The Hall–Kier alpha value is -0.300. The van der Waals surface area contributed by atoms with Crippen molar-refractivity contribution in [3.8, 4) is 0 Å². The molecule has 0 aliphatic carbocycles. The number of hydrogen-bond acceptors (Lipinski definition) is 1. The lowest BCUT2D eigenvalue weighted by molar-refractivity contribution is 0.298. The molecule has 0 aromatic rings. The molecule has 1 fully saturated rings. The van der Waals surface area contributed by atoms with Crippen molar-refractivity contribution in [1.82, 2.24) is 4.90 Å². The Bertz CT molecular complexity index is 151. The zero-order chi connectivity index (χ0) is 8.97. The van der Waals surface area contributed by atoms with E-state index >= 15 is 0 Å². The van der Waals surface area contributed by atoms with Gasteiger partial charge in [0, 0.05) is 0 Å². The Morgan fingerprint density at radius 1 is 1.42 bits per heavy atom. The van der Waals surface area contributed by atoms with Gasteiger partial charge in [-0.3, -0.25) is 0 Å². The third-order valence-electron chi connectivity index (χ3n) is 2.96. The topological polar surface area (TPSA) is 3.24 Å². The van der Waals surface area contributed by atoms with Gasteiger partial charge in [-0.2, -0.15) is 0 Å². The van der Waals surface area contributed by atoms with Crippen LogP contribution in [0.5, 0.6) is 0 Å². The summed E-state index contributed by atoms with van der Waals surface area (Å²) in [4.78, 5) is 2.54. The molecule has 0 amide bonds. The second-order valence-electron chi connectivity index (χ2n) is 3.91. The van der Waals surface area contributed by atoms with Gasteiger partial charge in [-0.25, -0.2) is 0 Å². The molecule has 0 bridgehead atoms. The van der Waals surface area contributed by atoms with Crippen LogP contribution in [0.2, 0.25) is 0 Å². The minimum Gasteiger partial charge on any atom is -0.304 e. The standard InChI is InChI=1S/C11H21N/c1-4-12-8-5-6-11(7-9-12)10(2)3/h11H,2,4-9H2,1,3H3. The molecule has 1 heteroatoms.